The molecule has 13 heavy (non-hydrogen) atoms. The molecular weight excluding hydrogens is 170 g/mol. The van der Waals surface area contributed by atoms with Crippen LogP contribution in [-0.4, -0.2) is 40.3 Å². The Hall–Kier alpha value is -1.03. The third-order valence-electron chi connectivity index (χ3n) is 2.09. The fourth-order valence-electron chi connectivity index (χ4n) is 1.65. The minimum atomic E-state index is -0.951. The van der Waals surface area contributed by atoms with E-state index in [2.05, 4.69) is 0 Å². The highest BCUT2D eigenvalue weighted by atomic mass is 16.4. The Balaban J connectivity index is 2.46. The number of carboxylic acids is 1. The molecule has 1 saturated heterocycles. The van der Waals surface area contributed by atoms with Gasteiger partial charge in [-0.1, -0.05) is 6.92 Å². The van der Waals surface area contributed by atoms with Crippen LogP contribution >= 0.6 is 0 Å². The van der Waals surface area contributed by atoms with E-state index in [1.165, 1.54) is 6.20 Å². The van der Waals surface area contributed by atoms with Gasteiger partial charge in [-0.2, -0.15) is 0 Å². The van der Waals surface area contributed by atoms with Crippen molar-refractivity contribution in [3.63, 3.8) is 0 Å². The maximum atomic E-state index is 10.2. The summed E-state index contributed by atoms with van der Waals surface area (Å²) in [7, 11) is 0. The van der Waals surface area contributed by atoms with Crippen molar-refractivity contribution in [1.29, 1.82) is 0 Å². The summed E-state index contributed by atoms with van der Waals surface area (Å²) in [6, 6.07) is 0. The number of likely N-dealkylation sites (tertiary alicyclic amines) is 1. The zero-order chi connectivity index (χ0) is 9.84. The second-order valence-electron chi connectivity index (χ2n) is 3.60. The van der Waals surface area contributed by atoms with E-state index in [9.17, 15) is 9.90 Å². The van der Waals surface area contributed by atoms with Gasteiger partial charge >= 0.3 is 5.97 Å². The van der Waals surface area contributed by atoms with Crippen LogP contribution in [0.15, 0.2) is 12.3 Å². The molecule has 4 heteroatoms. The predicted molar refractivity (Wildman–Crippen MR) is 48.1 cm³/mol. The van der Waals surface area contributed by atoms with E-state index in [1.807, 2.05) is 11.8 Å². The molecule has 1 aliphatic rings. The molecule has 1 aliphatic heterocycles. The van der Waals surface area contributed by atoms with Gasteiger partial charge in [-0.25, -0.2) is 4.79 Å². The third kappa shape index (κ3) is 3.46. The molecule has 2 atom stereocenters. The molecule has 2 N–H and O–H groups in total. The van der Waals surface area contributed by atoms with Crippen molar-refractivity contribution in [1.82, 2.24) is 4.90 Å². The Morgan fingerprint density at radius 2 is 2.23 bits per heavy atom. The molecule has 0 spiro atoms. The Morgan fingerprint density at radius 1 is 1.54 bits per heavy atom. The number of aliphatic carboxylic acids is 1. The minimum absolute atomic E-state index is 0.331. The number of aliphatic hydroxyl groups is 1. The van der Waals surface area contributed by atoms with Gasteiger partial charge in [0.05, 0.1) is 6.10 Å². The van der Waals surface area contributed by atoms with Gasteiger partial charge in [-0.15, -0.1) is 0 Å². The molecular formula is C9H15NO3. The van der Waals surface area contributed by atoms with Crippen molar-refractivity contribution in [2.45, 2.75) is 19.4 Å². The third-order valence-corrected chi connectivity index (χ3v) is 2.09. The first-order chi connectivity index (χ1) is 6.08. The number of hydrogen-bond donors (Lipinski definition) is 2. The Morgan fingerprint density at radius 3 is 2.77 bits per heavy atom. The van der Waals surface area contributed by atoms with Gasteiger partial charge in [-0.05, 0) is 12.3 Å². The number of aliphatic hydroxyl groups excluding tert-OH is 1. The van der Waals surface area contributed by atoms with E-state index >= 15 is 0 Å². The fourth-order valence-corrected chi connectivity index (χ4v) is 1.65. The van der Waals surface area contributed by atoms with Crippen LogP contribution in [0.2, 0.25) is 0 Å². The maximum absolute atomic E-state index is 10.2. The van der Waals surface area contributed by atoms with Crippen LogP contribution in [0, 0.1) is 5.92 Å². The second kappa shape index (κ2) is 4.28. The average molecular weight is 185 g/mol. The van der Waals surface area contributed by atoms with Crippen LogP contribution in [-0.2, 0) is 4.79 Å². The van der Waals surface area contributed by atoms with E-state index in [4.69, 9.17) is 5.11 Å². The van der Waals surface area contributed by atoms with Gasteiger partial charge in [0.15, 0.2) is 0 Å². The van der Waals surface area contributed by atoms with Crippen molar-refractivity contribution >= 4 is 5.97 Å². The van der Waals surface area contributed by atoms with Crippen LogP contribution in [0.25, 0.3) is 0 Å². The first kappa shape index (κ1) is 10.1. The smallest absolute Gasteiger partial charge is 0.329 e. The van der Waals surface area contributed by atoms with Crippen molar-refractivity contribution in [3.05, 3.63) is 12.3 Å². The maximum Gasteiger partial charge on any atom is 0.329 e. The number of piperidine rings is 1. The van der Waals surface area contributed by atoms with Crippen LogP contribution in [0.3, 0.4) is 0 Å². The van der Waals surface area contributed by atoms with Crippen LogP contribution < -0.4 is 0 Å². The summed E-state index contributed by atoms with van der Waals surface area (Å²) in [5.74, 6) is -0.532. The molecule has 0 bridgehead atoms. The molecule has 0 radical (unpaired) electrons. The van der Waals surface area contributed by atoms with Crippen LogP contribution in [0.4, 0.5) is 0 Å². The van der Waals surface area contributed by atoms with E-state index in [-0.39, 0.29) is 6.10 Å². The topological polar surface area (TPSA) is 60.8 Å². The number of hydrogen-bond acceptors (Lipinski definition) is 3. The number of nitrogens with zero attached hydrogens (tertiary/aromatic N) is 1. The van der Waals surface area contributed by atoms with E-state index < -0.39 is 5.97 Å². The lowest BCUT2D eigenvalue weighted by Crippen LogP contribution is -2.39. The largest absolute Gasteiger partial charge is 0.478 e. The van der Waals surface area contributed by atoms with Crippen molar-refractivity contribution < 1.29 is 15.0 Å². The SMILES string of the molecule is CC1CC(O)CN(/C=C/C(=O)O)C1. The predicted octanol–water partition coefficient (Wildman–Crippen LogP) is 0.287. The van der Waals surface area contributed by atoms with Crippen molar-refractivity contribution in [2.24, 2.45) is 5.92 Å². The van der Waals surface area contributed by atoms with Crippen LogP contribution in [0.1, 0.15) is 13.3 Å². The molecule has 0 amide bonds. The molecule has 1 rings (SSSR count). The molecule has 0 aromatic rings. The molecule has 0 aromatic carbocycles. The summed E-state index contributed by atoms with van der Waals surface area (Å²) in [5.41, 5.74) is 0. The minimum Gasteiger partial charge on any atom is -0.478 e. The Labute approximate surface area is 77.5 Å². The zero-order valence-corrected chi connectivity index (χ0v) is 7.68. The summed E-state index contributed by atoms with van der Waals surface area (Å²) in [5, 5.41) is 17.8. The normalized spacial score (nSPS) is 29.5. The van der Waals surface area contributed by atoms with Crippen molar-refractivity contribution in [3.8, 4) is 0 Å². The molecule has 2 unspecified atom stereocenters. The summed E-state index contributed by atoms with van der Waals surface area (Å²) >= 11 is 0. The molecule has 1 heterocycles. The van der Waals surface area contributed by atoms with Gasteiger partial charge in [0.2, 0.25) is 0 Å². The van der Waals surface area contributed by atoms with Gasteiger partial charge in [0.25, 0.3) is 0 Å². The van der Waals surface area contributed by atoms with E-state index in [0.717, 1.165) is 19.0 Å². The lowest BCUT2D eigenvalue weighted by molar-refractivity contribution is -0.131. The summed E-state index contributed by atoms with van der Waals surface area (Å²) < 4.78 is 0. The quantitative estimate of drug-likeness (QED) is 0.607. The van der Waals surface area contributed by atoms with E-state index in [1.54, 1.807) is 0 Å². The average Bonchev–Trinajstić information content (AvgIpc) is 1.99. The summed E-state index contributed by atoms with van der Waals surface area (Å²) in [6.45, 7) is 3.40. The Bertz CT molecular complexity index is 205. The fraction of sp³-hybridized carbons (Fsp3) is 0.667. The first-order valence-corrected chi connectivity index (χ1v) is 4.41. The lowest BCUT2D eigenvalue weighted by atomic mass is 9.98. The van der Waals surface area contributed by atoms with Gasteiger partial charge in [0.1, 0.15) is 0 Å². The molecule has 0 aromatic heterocycles. The number of carboxylic acid groups (broad SMARTS) is 1. The highest BCUT2D eigenvalue weighted by molar-refractivity contribution is 5.79. The zero-order valence-electron chi connectivity index (χ0n) is 7.68. The molecule has 74 valence electrons. The Kier molecular flexibility index (Phi) is 3.31. The number of rotatable bonds is 2. The monoisotopic (exact) mass is 185 g/mol. The summed E-state index contributed by atoms with van der Waals surface area (Å²) in [4.78, 5) is 12.1. The van der Waals surface area contributed by atoms with Gasteiger partial charge < -0.3 is 15.1 Å². The molecule has 1 fully saturated rings. The molecule has 0 aliphatic carbocycles. The van der Waals surface area contributed by atoms with Crippen LogP contribution in [0.5, 0.6) is 0 Å². The summed E-state index contributed by atoms with van der Waals surface area (Å²) in [6.07, 6.45) is 3.10. The highest BCUT2D eigenvalue weighted by Crippen LogP contribution is 2.15. The second-order valence-corrected chi connectivity index (χ2v) is 3.60. The van der Waals surface area contributed by atoms with Gasteiger partial charge in [0, 0.05) is 25.4 Å². The molecule has 0 saturated carbocycles. The van der Waals surface area contributed by atoms with E-state index in [0.29, 0.717) is 12.5 Å². The number of β-amino-alcohol motifs (C(OH)–C–C–N with tert-alkyl or cyclic N) is 1. The van der Waals surface area contributed by atoms with Crippen molar-refractivity contribution in [2.75, 3.05) is 13.1 Å². The molecule has 4 nitrogen and oxygen atoms in total. The lowest BCUT2D eigenvalue weighted by Gasteiger charge is -2.33. The standard InChI is InChI=1S/C9H15NO3/c1-7-4-8(11)6-10(5-7)3-2-9(12)13/h2-3,7-8,11H,4-6H2,1H3,(H,12,13)/b3-2+. The number of carbonyl (C=O) groups is 1. The van der Waals surface area contributed by atoms with Gasteiger partial charge in [-0.3, -0.25) is 0 Å². The highest BCUT2D eigenvalue weighted by Gasteiger charge is 2.20. The first-order valence-electron chi connectivity index (χ1n) is 4.41.